The number of anilines is 1. The van der Waals surface area contributed by atoms with Crippen molar-refractivity contribution in [2.75, 3.05) is 10.8 Å². The van der Waals surface area contributed by atoms with Crippen LogP contribution in [0.4, 0.5) is 5.69 Å². The van der Waals surface area contributed by atoms with E-state index in [1.165, 1.54) is 21.7 Å². The van der Waals surface area contributed by atoms with E-state index in [2.05, 4.69) is 60.4 Å². The number of rotatable bonds is 1. The zero-order valence-electron chi connectivity index (χ0n) is 9.89. The normalized spacial score (nSPS) is 14.5. The highest BCUT2D eigenvalue weighted by molar-refractivity contribution is 7.99. The van der Waals surface area contributed by atoms with E-state index in [9.17, 15) is 0 Å². The fourth-order valence-corrected chi connectivity index (χ4v) is 3.12. The third-order valence-electron chi connectivity index (χ3n) is 3.11. The van der Waals surface area contributed by atoms with Crippen LogP contribution in [0.2, 0.25) is 0 Å². The van der Waals surface area contributed by atoms with Gasteiger partial charge in [0.15, 0.2) is 0 Å². The predicted molar refractivity (Wildman–Crippen MR) is 74.5 cm³/mol. The molecule has 0 aromatic heterocycles. The number of nitrogens with zero attached hydrogens (tertiary/aromatic N) is 1. The van der Waals surface area contributed by atoms with E-state index in [1.807, 2.05) is 11.8 Å². The minimum Gasteiger partial charge on any atom is -0.358 e. The van der Waals surface area contributed by atoms with Crippen LogP contribution in [0.25, 0.3) is 0 Å². The van der Waals surface area contributed by atoms with Crippen molar-refractivity contribution in [1.82, 2.24) is 0 Å². The van der Waals surface area contributed by atoms with Gasteiger partial charge in [0.25, 0.3) is 0 Å². The van der Waals surface area contributed by atoms with E-state index in [0.717, 1.165) is 12.4 Å². The maximum atomic E-state index is 2.42. The molecule has 0 atom stereocenters. The van der Waals surface area contributed by atoms with Crippen molar-refractivity contribution in [3.8, 4) is 0 Å². The van der Waals surface area contributed by atoms with Crippen molar-refractivity contribution >= 4 is 17.4 Å². The van der Waals surface area contributed by atoms with Gasteiger partial charge in [-0.3, -0.25) is 0 Å². The highest BCUT2D eigenvalue weighted by Crippen LogP contribution is 2.32. The molecule has 0 fully saturated rings. The molecule has 0 spiro atoms. The van der Waals surface area contributed by atoms with Gasteiger partial charge in [0, 0.05) is 17.1 Å². The van der Waals surface area contributed by atoms with Crippen LogP contribution in [-0.2, 0) is 6.54 Å². The van der Waals surface area contributed by atoms with Gasteiger partial charge >= 0.3 is 0 Å². The maximum Gasteiger partial charge on any atom is 0.0689 e. The summed E-state index contributed by atoms with van der Waals surface area (Å²) >= 11 is 1.92. The summed E-state index contributed by atoms with van der Waals surface area (Å²) in [5.41, 5.74) is 4.07. The average Bonchev–Trinajstić information content (AvgIpc) is 2.39. The van der Waals surface area contributed by atoms with Gasteiger partial charge in [0.1, 0.15) is 0 Å². The molecular weight excluding hydrogens is 226 g/mol. The second-order valence-electron chi connectivity index (χ2n) is 4.41. The molecule has 0 amide bonds. The molecule has 0 aliphatic carbocycles. The van der Waals surface area contributed by atoms with Crippen molar-refractivity contribution < 1.29 is 0 Å². The van der Waals surface area contributed by atoms with Crippen molar-refractivity contribution in [2.24, 2.45) is 0 Å². The monoisotopic (exact) mass is 241 g/mol. The van der Waals surface area contributed by atoms with Gasteiger partial charge in [-0.1, -0.05) is 35.9 Å². The second kappa shape index (κ2) is 4.46. The lowest BCUT2D eigenvalue weighted by Gasteiger charge is -2.30. The molecule has 1 heterocycles. The lowest BCUT2D eigenvalue weighted by Crippen LogP contribution is -2.25. The number of aryl methyl sites for hydroxylation is 1. The van der Waals surface area contributed by atoms with Gasteiger partial charge in [-0.25, -0.2) is 0 Å². The van der Waals surface area contributed by atoms with E-state index >= 15 is 0 Å². The van der Waals surface area contributed by atoms with E-state index in [1.54, 1.807) is 0 Å². The molecule has 0 saturated carbocycles. The van der Waals surface area contributed by atoms with Gasteiger partial charge in [-0.05, 0) is 30.7 Å². The van der Waals surface area contributed by atoms with E-state index < -0.39 is 0 Å². The SMILES string of the molecule is Cc1ccc(N2CSc3ccccc3C2)cc1. The molecule has 2 heteroatoms. The second-order valence-corrected chi connectivity index (χ2v) is 5.40. The number of thioether (sulfide) groups is 1. The van der Waals surface area contributed by atoms with Crippen LogP contribution in [0.1, 0.15) is 11.1 Å². The summed E-state index contributed by atoms with van der Waals surface area (Å²) < 4.78 is 0. The first kappa shape index (κ1) is 10.7. The minimum atomic E-state index is 1.02. The Morgan fingerprint density at radius 3 is 2.59 bits per heavy atom. The summed E-state index contributed by atoms with van der Waals surface area (Å²) in [4.78, 5) is 3.85. The Balaban J connectivity index is 1.86. The predicted octanol–water partition coefficient (Wildman–Crippen LogP) is 4.06. The van der Waals surface area contributed by atoms with Crippen LogP contribution in [0, 0.1) is 6.92 Å². The molecule has 2 aromatic rings. The molecule has 0 unspecified atom stereocenters. The van der Waals surface area contributed by atoms with Gasteiger partial charge in [0.05, 0.1) is 5.88 Å². The van der Waals surface area contributed by atoms with Crippen LogP contribution in [0.3, 0.4) is 0 Å². The van der Waals surface area contributed by atoms with Crippen molar-refractivity contribution in [3.63, 3.8) is 0 Å². The Morgan fingerprint density at radius 2 is 1.76 bits per heavy atom. The first-order valence-corrected chi connectivity index (χ1v) is 6.84. The number of hydrogen-bond acceptors (Lipinski definition) is 2. The summed E-state index contributed by atoms with van der Waals surface area (Å²) in [6.45, 7) is 3.15. The first-order chi connectivity index (χ1) is 8.33. The molecule has 0 N–H and O–H groups in total. The third-order valence-corrected chi connectivity index (χ3v) is 4.26. The van der Waals surface area contributed by atoms with E-state index in [0.29, 0.717) is 0 Å². The zero-order chi connectivity index (χ0) is 11.7. The summed E-state index contributed by atoms with van der Waals surface area (Å²) in [6.07, 6.45) is 0. The largest absolute Gasteiger partial charge is 0.358 e. The lowest BCUT2D eigenvalue weighted by molar-refractivity contribution is 0.866. The van der Waals surface area contributed by atoms with Crippen molar-refractivity contribution in [3.05, 3.63) is 59.7 Å². The quantitative estimate of drug-likeness (QED) is 0.740. The lowest BCUT2D eigenvalue weighted by atomic mass is 10.2. The van der Waals surface area contributed by atoms with E-state index in [-0.39, 0.29) is 0 Å². The zero-order valence-corrected chi connectivity index (χ0v) is 10.7. The number of hydrogen-bond donors (Lipinski definition) is 0. The maximum absolute atomic E-state index is 2.42. The highest BCUT2D eigenvalue weighted by Gasteiger charge is 2.16. The Hall–Kier alpha value is -1.41. The topological polar surface area (TPSA) is 3.24 Å². The van der Waals surface area contributed by atoms with Crippen molar-refractivity contribution in [2.45, 2.75) is 18.4 Å². The Bertz CT molecular complexity index is 519. The smallest absolute Gasteiger partial charge is 0.0689 e. The fraction of sp³-hybridized carbons (Fsp3) is 0.200. The molecule has 0 bridgehead atoms. The number of benzene rings is 2. The molecule has 2 aromatic carbocycles. The van der Waals surface area contributed by atoms with Crippen LogP contribution < -0.4 is 4.90 Å². The third kappa shape index (κ3) is 2.18. The van der Waals surface area contributed by atoms with Gasteiger partial charge in [0.2, 0.25) is 0 Å². The van der Waals surface area contributed by atoms with Crippen LogP contribution in [0.5, 0.6) is 0 Å². The fourth-order valence-electron chi connectivity index (χ4n) is 2.10. The Kier molecular flexibility index (Phi) is 2.81. The molecule has 1 aliphatic rings. The summed E-state index contributed by atoms with van der Waals surface area (Å²) in [5, 5.41) is 0. The standard InChI is InChI=1S/C15H15NS/c1-12-6-8-14(9-7-12)16-10-13-4-2-3-5-15(13)17-11-16/h2-9H,10-11H2,1H3. The molecule has 0 saturated heterocycles. The number of fused-ring (bicyclic) bond motifs is 1. The minimum absolute atomic E-state index is 1.02. The molecule has 0 radical (unpaired) electrons. The van der Waals surface area contributed by atoms with Crippen LogP contribution in [0.15, 0.2) is 53.4 Å². The highest BCUT2D eigenvalue weighted by atomic mass is 32.2. The van der Waals surface area contributed by atoms with Crippen LogP contribution in [-0.4, -0.2) is 5.88 Å². The molecule has 1 nitrogen and oxygen atoms in total. The summed E-state index contributed by atoms with van der Waals surface area (Å²) in [7, 11) is 0. The molecule has 1 aliphatic heterocycles. The van der Waals surface area contributed by atoms with E-state index in [4.69, 9.17) is 0 Å². The summed E-state index contributed by atoms with van der Waals surface area (Å²) in [6, 6.07) is 17.5. The molecular formula is C15H15NS. The molecule has 17 heavy (non-hydrogen) atoms. The van der Waals surface area contributed by atoms with Crippen LogP contribution >= 0.6 is 11.8 Å². The van der Waals surface area contributed by atoms with Crippen molar-refractivity contribution in [1.29, 1.82) is 0 Å². The average molecular weight is 241 g/mol. The van der Waals surface area contributed by atoms with Gasteiger partial charge in [-0.2, -0.15) is 0 Å². The van der Waals surface area contributed by atoms with Gasteiger partial charge in [-0.15, -0.1) is 11.8 Å². The summed E-state index contributed by atoms with van der Waals surface area (Å²) in [5.74, 6) is 1.04. The first-order valence-electron chi connectivity index (χ1n) is 5.85. The Labute approximate surface area is 106 Å². The van der Waals surface area contributed by atoms with Gasteiger partial charge < -0.3 is 4.90 Å². The molecule has 86 valence electrons. The Morgan fingerprint density at radius 1 is 1.00 bits per heavy atom. The molecule has 3 rings (SSSR count).